The molecular formula is C21H27ClN2O5S. The Morgan fingerprint density at radius 2 is 1.77 bits per heavy atom. The Balaban J connectivity index is 2.53. The van der Waals surface area contributed by atoms with Crippen molar-refractivity contribution in [2.75, 3.05) is 13.7 Å². The molecule has 164 valence electrons. The summed E-state index contributed by atoms with van der Waals surface area (Å²) in [5.41, 5.74) is 1.65. The van der Waals surface area contributed by atoms with Crippen molar-refractivity contribution in [1.29, 1.82) is 0 Å². The lowest BCUT2D eigenvalue weighted by Gasteiger charge is -2.27. The van der Waals surface area contributed by atoms with Crippen molar-refractivity contribution in [3.05, 3.63) is 51.8 Å². The number of nitrogens with zero attached hydrogens (tertiary/aromatic N) is 2. The van der Waals surface area contributed by atoms with E-state index in [0.717, 1.165) is 0 Å². The zero-order valence-corrected chi connectivity index (χ0v) is 19.6. The minimum atomic E-state index is -3.93. The van der Waals surface area contributed by atoms with E-state index in [9.17, 15) is 18.0 Å². The standard InChI is InChI=1S/C21H27ClN2O5S/c1-7-12-24(30(27,28)17-10-8-16(22)9-11-17)15(4)20(25)18-13(2)19(21(26)29-6)23(5)14(18)3/h8-11,15H,7,12H2,1-6H3. The molecule has 1 heterocycles. The second-order valence-corrected chi connectivity index (χ2v) is 9.42. The normalized spacial score (nSPS) is 12.8. The molecule has 0 aliphatic carbocycles. The molecule has 0 saturated carbocycles. The first kappa shape index (κ1) is 24.1. The monoisotopic (exact) mass is 454 g/mol. The fourth-order valence-corrected chi connectivity index (χ4v) is 5.36. The molecule has 0 N–H and O–H groups in total. The number of hydrogen-bond acceptors (Lipinski definition) is 5. The summed E-state index contributed by atoms with van der Waals surface area (Å²) in [6.45, 7) is 6.96. The average molecular weight is 455 g/mol. The molecule has 1 unspecified atom stereocenters. The van der Waals surface area contributed by atoms with E-state index in [0.29, 0.717) is 28.3 Å². The quantitative estimate of drug-likeness (QED) is 0.448. The highest BCUT2D eigenvalue weighted by atomic mass is 35.5. The summed E-state index contributed by atoms with van der Waals surface area (Å²) < 4.78 is 34.1. The van der Waals surface area contributed by atoms with Gasteiger partial charge < -0.3 is 9.30 Å². The zero-order chi connectivity index (χ0) is 22.8. The number of ketones is 1. The van der Waals surface area contributed by atoms with Gasteiger partial charge in [0.05, 0.1) is 18.0 Å². The number of benzene rings is 1. The second kappa shape index (κ2) is 9.32. The van der Waals surface area contributed by atoms with Crippen molar-refractivity contribution >= 4 is 33.4 Å². The van der Waals surface area contributed by atoms with Crippen LogP contribution in [0.2, 0.25) is 5.02 Å². The Labute approximate surface area is 182 Å². The molecule has 1 aromatic carbocycles. The van der Waals surface area contributed by atoms with Gasteiger partial charge >= 0.3 is 5.97 Å². The summed E-state index contributed by atoms with van der Waals surface area (Å²) in [6.07, 6.45) is 0.532. The van der Waals surface area contributed by atoms with Crippen LogP contribution in [0.5, 0.6) is 0 Å². The lowest BCUT2D eigenvalue weighted by molar-refractivity contribution is 0.0588. The van der Waals surface area contributed by atoms with E-state index in [4.69, 9.17) is 16.3 Å². The van der Waals surface area contributed by atoms with E-state index >= 15 is 0 Å². The minimum absolute atomic E-state index is 0.0664. The van der Waals surface area contributed by atoms with Crippen LogP contribution in [0.1, 0.15) is 52.4 Å². The number of Topliss-reactive ketones (excluding diaryl/α,β-unsaturated/α-hetero) is 1. The van der Waals surface area contributed by atoms with Gasteiger partial charge in [0.15, 0.2) is 5.78 Å². The van der Waals surface area contributed by atoms with Crippen molar-refractivity contribution in [2.24, 2.45) is 7.05 Å². The van der Waals surface area contributed by atoms with Crippen molar-refractivity contribution in [2.45, 2.75) is 45.1 Å². The molecule has 0 aliphatic rings. The van der Waals surface area contributed by atoms with Gasteiger partial charge in [0.2, 0.25) is 10.0 Å². The van der Waals surface area contributed by atoms with Crippen LogP contribution in [-0.4, -0.2) is 48.7 Å². The van der Waals surface area contributed by atoms with Crippen LogP contribution in [0.15, 0.2) is 29.2 Å². The third-order valence-corrected chi connectivity index (χ3v) is 7.47. The average Bonchev–Trinajstić information content (AvgIpc) is 2.93. The molecule has 2 aromatic rings. The van der Waals surface area contributed by atoms with Crippen LogP contribution >= 0.6 is 11.6 Å². The highest BCUT2D eigenvalue weighted by Crippen LogP contribution is 2.27. The summed E-state index contributed by atoms with van der Waals surface area (Å²) in [4.78, 5) is 25.6. The SMILES string of the molecule is CCCN(C(C)C(=O)c1c(C)c(C(=O)OC)n(C)c1C)S(=O)(=O)c1ccc(Cl)cc1. The van der Waals surface area contributed by atoms with Crippen molar-refractivity contribution in [1.82, 2.24) is 8.87 Å². The van der Waals surface area contributed by atoms with Crippen molar-refractivity contribution in [3.63, 3.8) is 0 Å². The van der Waals surface area contributed by atoms with Crippen LogP contribution in [0.4, 0.5) is 0 Å². The summed E-state index contributed by atoms with van der Waals surface area (Å²) in [7, 11) is -0.982. The number of ether oxygens (including phenoxy) is 1. The van der Waals surface area contributed by atoms with Gasteiger partial charge in [-0.3, -0.25) is 4.79 Å². The van der Waals surface area contributed by atoms with E-state index in [1.165, 1.54) is 35.7 Å². The highest BCUT2D eigenvalue weighted by molar-refractivity contribution is 7.89. The maximum Gasteiger partial charge on any atom is 0.354 e. The van der Waals surface area contributed by atoms with Crippen LogP contribution < -0.4 is 0 Å². The van der Waals surface area contributed by atoms with Crippen LogP contribution in [0.3, 0.4) is 0 Å². The smallest absolute Gasteiger partial charge is 0.354 e. The number of aromatic nitrogens is 1. The van der Waals surface area contributed by atoms with Gasteiger partial charge in [-0.1, -0.05) is 18.5 Å². The van der Waals surface area contributed by atoms with Gasteiger partial charge in [0.25, 0.3) is 0 Å². The van der Waals surface area contributed by atoms with Gasteiger partial charge in [0.1, 0.15) is 5.69 Å². The first-order valence-corrected chi connectivity index (χ1v) is 11.4. The molecule has 0 amide bonds. The number of esters is 1. The number of rotatable bonds is 8. The van der Waals surface area contributed by atoms with Gasteiger partial charge in [-0.05, 0) is 57.0 Å². The minimum Gasteiger partial charge on any atom is -0.464 e. The highest BCUT2D eigenvalue weighted by Gasteiger charge is 2.36. The lowest BCUT2D eigenvalue weighted by Crippen LogP contribution is -2.44. The largest absolute Gasteiger partial charge is 0.464 e. The van der Waals surface area contributed by atoms with E-state index in [1.54, 1.807) is 32.4 Å². The third-order valence-electron chi connectivity index (χ3n) is 5.23. The summed E-state index contributed by atoms with van der Waals surface area (Å²) in [6, 6.07) is 4.88. The Hall–Kier alpha value is -2.16. The number of hydrogen-bond donors (Lipinski definition) is 0. The maximum absolute atomic E-state index is 13.4. The Kier molecular flexibility index (Phi) is 7.49. The summed E-state index contributed by atoms with van der Waals surface area (Å²) >= 11 is 5.88. The van der Waals surface area contributed by atoms with Crippen LogP contribution in [-0.2, 0) is 21.8 Å². The topological polar surface area (TPSA) is 85.7 Å². The van der Waals surface area contributed by atoms with E-state index in [2.05, 4.69) is 0 Å². The molecule has 7 nitrogen and oxygen atoms in total. The molecule has 0 spiro atoms. The number of carbonyl (C=O) groups is 2. The lowest BCUT2D eigenvalue weighted by atomic mass is 10.0. The van der Waals surface area contributed by atoms with Crippen molar-refractivity contribution in [3.8, 4) is 0 Å². The molecule has 2 rings (SSSR count). The predicted molar refractivity (Wildman–Crippen MR) is 116 cm³/mol. The molecule has 30 heavy (non-hydrogen) atoms. The predicted octanol–water partition coefficient (Wildman–Crippen LogP) is 3.75. The van der Waals surface area contributed by atoms with Crippen molar-refractivity contribution < 1.29 is 22.7 Å². The first-order valence-electron chi connectivity index (χ1n) is 9.54. The number of sulfonamides is 1. The number of halogens is 1. The summed E-state index contributed by atoms with van der Waals surface area (Å²) in [5, 5.41) is 0.422. The Morgan fingerprint density at radius 1 is 1.20 bits per heavy atom. The molecule has 0 radical (unpaired) electrons. The van der Waals surface area contributed by atoms with Gasteiger partial charge in [-0.25, -0.2) is 13.2 Å². The van der Waals surface area contributed by atoms with Crippen LogP contribution in [0.25, 0.3) is 0 Å². The van der Waals surface area contributed by atoms with Gasteiger partial charge in [-0.15, -0.1) is 0 Å². The molecule has 9 heteroatoms. The van der Waals surface area contributed by atoms with E-state index in [1.807, 2.05) is 6.92 Å². The Morgan fingerprint density at radius 3 is 2.27 bits per heavy atom. The second-order valence-electron chi connectivity index (χ2n) is 7.09. The first-order chi connectivity index (χ1) is 14.0. The molecule has 0 aliphatic heterocycles. The summed E-state index contributed by atoms with van der Waals surface area (Å²) in [5.74, 6) is -0.925. The molecule has 1 aromatic heterocycles. The molecular weight excluding hydrogens is 428 g/mol. The molecule has 0 bridgehead atoms. The van der Waals surface area contributed by atoms with Gasteiger partial charge in [0, 0.05) is 29.9 Å². The number of carbonyl (C=O) groups excluding carboxylic acids is 2. The van der Waals surface area contributed by atoms with E-state index in [-0.39, 0.29) is 22.9 Å². The zero-order valence-electron chi connectivity index (χ0n) is 18.0. The fourth-order valence-electron chi connectivity index (χ4n) is 3.55. The third kappa shape index (κ3) is 4.31. The fraction of sp³-hybridized carbons (Fsp3) is 0.429. The molecule has 0 fully saturated rings. The molecule has 0 saturated heterocycles. The Bertz CT molecular complexity index is 1060. The van der Waals surface area contributed by atoms with Gasteiger partial charge in [-0.2, -0.15) is 4.31 Å². The van der Waals surface area contributed by atoms with Crippen LogP contribution in [0, 0.1) is 13.8 Å². The van der Waals surface area contributed by atoms with E-state index < -0.39 is 22.0 Å². The number of methoxy groups -OCH3 is 1. The molecule has 1 atom stereocenters. The maximum atomic E-state index is 13.4.